The molecule has 1 aliphatic heterocycles. The van der Waals surface area contributed by atoms with Crippen molar-refractivity contribution in [2.45, 2.75) is 12.6 Å². The standard InChI is InChI=1S/C9H17F3N2O2S/c10-9(11,12)8-13-2-4-14-3-1-6-17(15,16)7-5-14/h13H,1-8H2. The first-order chi connectivity index (χ1) is 7.79. The van der Waals surface area contributed by atoms with Crippen LogP contribution in [0, 0.1) is 0 Å². The van der Waals surface area contributed by atoms with Crippen molar-refractivity contribution >= 4 is 9.84 Å². The number of nitrogens with one attached hydrogen (secondary N) is 1. The minimum Gasteiger partial charge on any atom is -0.307 e. The molecule has 1 aliphatic rings. The van der Waals surface area contributed by atoms with Crippen LogP contribution in [0.1, 0.15) is 6.42 Å². The lowest BCUT2D eigenvalue weighted by molar-refractivity contribution is -0.124. The third-order valence-electron chi connectivity index (χ3n) is 2.58. The first-order valence-electron chi connectivity index (χ1n) is 5.49. The third-order valence-corrected chi connectivity index (χ3v) is 4.29. The van der Waals surface area contributed by atoms with Crippen molar-refractivity contribution in [1.82, 2.24) is 10.2 Å². The maximum Gasteiger partial charge on any atom is 0.401 e. The lowest BCUT2D eigenvalue weighted by Gasteiger charge is -2.19. The van der Waals surface area contributed by atoms with Crippen LogP contribution >= 0.6 is 0 Å². The second kappa shape index (κ2) is 6.01. The van der Waals surface area contributed by atoms with Crippen LogP contribution in [0.5, 0.6) is 0 Å². The van der Waals surface area contributed by atoms with Gasteiger partial charge in [-0.15, -0.1) is 0 Å². The number of hydrogen-bond donors (Lipinski definition) is 1. The van der Waals surface area contributed by atoms with Gasteiger partial charge in [-0.25, -0.2) is 8.42 Å². The molecular formula is C9H17F3N2O2S. The summed E-state index contributed by atoms with van der Waals surface area (Å²) in [6.07, 6.45) is -3.64. The van der Waals surface area contributed by atoms with Crippen LogP contribution in [0.3, 0.4) is 0 Å². The summed E-state index contributed by atoms with van der Waals surface area (Å²) >= 11 is 0. The largest absolute Gasteiger partial charge is 0.401 e. The highest BCUT2D eigenvalue weighted by atomic mass is 32.2. The fraction of sp³-hybridized carbons (Fsp3) is 1.00. The van der Waals surface area contributed by atoms with Gasteiger partial charge in [0.15, 0.2) is 9.84 Å². The average molecular weight is 274 g/mol. The Hall–Kier alpha value is -0.340. The number of hydrogen-bond acceptors (Lipinski definition) is 4. The van der Waals surface area contributed by atoms with Gasteiger partial charge in [0.2, 0.25) is 0 Å². The van der Waals surface area contributed by atoms with Crippen molar-refractivity contribution in [1.29, 1.82) is 0 Å². The molecule has 1 rings (SSSR count). The molecule has 0 saturated carbocycles. The summed E-state index contributed by atoms with van der Waals surface area (Å²) in [4.78, 5) is 1.88. The highest BCUT2D eigenvalue weighted by Gasteiger charge is 2.26. The molecule has 0 radical (unpaired) electrons. The summed E-state index contributed by atoms with van der Waals surface area (Å²) in [5, 5.41) is 2.30. The monoisotopic (exact) mass is 274 g/mol. The van der Waals surface area contributed by atoms with Crippen LogP contribution in [-0.2, 0) is 9.84 Å². The SMILES string of the molecule is O=S1(=O)CCCN(CCNCC(F)(F)F)CC1. The van der Waals surface area contributed by atoms with Crippen molar-refractivity contribution in [2.24, 2.45) is 0 Å². The van der Waals surface area contributed by atoms with Gasteiger partial charge >= 0.3 is 6.18 Å². The molecule has 0 unspecified atom stereocenters. The van der Waals surface area contributed by atoms with Gasteiger partial charge in [0, 0.05) is 19.6 Å². The zero-order valence-electron chi connectivity index (χ0n) is 9.46. The Morgan fingerprint density at radius 3 is 2.53 bits per heavy atom. The molecular weight excluding hydrogens is 257 g/mol. The van der Waals surface area contributed by atoms with E-state index in [-0.39, 0.29) is 18.1 Å². The zero-order valence-corrected chi connectivity index (χ0v) is 10.3. The Balaban J connectivity index is 2.20. The second-order valence-electron chi connectivity index (χ2n) is 4.14. The molecule has 0 aromatic heterocycles. The van der Waals surface area contributed by atoms with Crippen LogP contribution in [0.4, 0.5) is 13.2 Å². The van der Waals surface area contributed by atoms with Crippen LogP contribution in [-0.4, -0.2) is 63.7 Å². The van der Waals surface area contributed by atoms with E-state index in [2.05, 4.69) is 5.32 Å². The van der Waals surface area contributed by atoms with Crippen LogP contribution in [0.25, 0.3) is 0 Å². The van der Waals surface area contributed by atoms with Gasteiger partial charge in [-0.3, -0.25) is 0 Å². The van der Waals surface area contributed by atoms with Gasteiger partial charge in [0.05, 0.1) is 18.1 Å². The van der Waals surface area contributed by atoms with Gasteiger partial charge in [0.1, 0.15) is 0 Å². The van der Waals surface area contributed by atoms with E-state index in [9.17, 15) is 21.6 Å². The molecule has 17 heavy (non-hydrogen) atoms. The molecule has 1 saturated heterocycles. The van der Waals surface area contributed by atoms with Gasteiger partial charge in [-0.2, -0.15) is 13.2 Å². The number of alkyl halides is 3. The first kappa shape index (κ1) is 14.7. The maximum atomic E-state index is 11.8. The van der Waals surface area contributed by atoms with E-state index in [1.807, 2.05) is 4.90 Å². The number of sulfone groups is 1. The lowest BCUT2D eigenvalue weighted by Crippen LogP contribution is -2.37. The molecule has 4 nitrogen and oxygen atoms in total. The number of rotatable bonds is 4. The Morgan fingerprint density at radius 1 is 1.18 bits per heavy atom. The molecule has 1 N–H and O–H groups in total. The molecule has 0 aromatic rings. The summed E-state index contributed by atoms with van der Waals surface area (Å²) in [7, 11) is -2.95. The van der Waals surface area contributed by atoms with Crippen molar-refractivity contribution in [3.8, 4) is 0 Å². The van der Waals surface area contributed by atoms with Crippen molar-refractivity contribution < 1.29 is 21.6 Å². The summed E-state index contributed by atoms with van der Waals surface area (Å²) in [5.41, 5.74) is 0. The quantitative estimate of drug-likeness (QED) is 0.747. The van der Waals surface area contributed by atoms with E-state index in [0.29, 0.717) is 26.1 Å². The van der Waals surface area contributed by atoms with Gasteiger partial charge in [0.25, 0.3) is 0 Å². The third kappa shape index (κ3) is 6.85. The molecule has 0 aliphatic carbocycles. The van der Waals surface area contributed by atoms with E-state index < -0.39 is 22.6 Å². The van der Waals surface area contributed by atoms with Gasteiger partial charge < -0.3 is 10.2 Å². The number of nitrogens with zero attached hydrogens (tertiary/aromatic N) is 1. The van der Waals surface area contributed by atoms with Gasteiger partial charge in [-0.05, 0) is 13.0 Å². The van der Waals surface area contributed by atoms with E-state index in [4.69, 9.17) is 0 Å². The van der Waals surface area contributed by atoms with E-state index in [1.54, 1.807) is 0 Å². The Kier molecular flexibility index (Phi) is 5.21. The topological polar surface area (TPSA) is 49.4 Å². The predicted octanol–water partition coefficient (Wildman–Crippen LogP) is 0.259. The van der Waals surface area contributed by atoms with Crippen molar-refractivity contribution in [2.75, 3.05) is 44.2 Å². The molecule has 0 bridgehead atoms. The Morgan fingerprint density at radius 2 is 1.88 bits per heavy atom. The highest BCUT2D eigenvalue weighted by molar-refractivity contribution is 7.91. The fourth-order valence-corrected chi connectivity index (χ4v) is 2.99. The van der Waals surface area contributed by atoms with Crippen molar-refractivity contribution in [3.63, 3.8) is 0 Å². The molecule has 102 valence electrons. The molecule has 0 atom stereocenters. The van der Waals surface area contributed by atoms with Crippen LogP contribution < -0.4 is 5.32 Å². The molecule has 0 spiro atoms. The Labute approximate surface area is 99.1 Å². The average Bonchev–Trinajstić information content (AvgIpc) is 2.33. The minimum absolute atomic E-state index is 0.103. The van der Waals surface area contributed by atoms with E-state index in [0.717, 1.165) is 0 Å². The fourth-order valence-electron chi connectivity index (χ4n) is 1.68. The summed E-state index contributed by atoms with van der Waals surface area (Å²) in [5.74, 6) is 0.283. The van der Waals surface area contributed by atoms with Crippen molar-refractivity contribution in [3.05, 3.63) is 0 Å². The summed E-state index contributed by atoms with van der Waals surface area (Å²) in [6, 6.07) is 0. The first-order valence-corrected chi connectivity index (χ1v) is 7.31. The van der Waals surface area contributed by atoms with Crippen LogP contribution in [0.2, 0.25) is 0 Å². The zero-order chi connectivity index (χ0) is 12.9. The molecule has 0 aromatic carbocycles. The molecule has 1 heterocycles. The van der Waals surface area contributed by atoms with Crippen LogP contribution in [0.15, 0.2) is 0 Å². The molecule has 0 amide bonds. The minimum atomic E-state index is -4.19. The normalized spacial score (nSPS) is 22.3. The predicted molar refractivity (Wildman–Crippen MR) is 58.6 cm³/mol. The summed E-state index contributed by atoms with van der Waals surface area (Å²) in [6.45, 7) is 0.716. The van der Waals surface area contributed by atoms with E-state index in [1.165, 1.54) is 0 Å². The van der Waals surface area contributed by atoms with Gasteiger partial charge in [-0.1, -0.05) is 0 Å². The number of halogens is 3. The second-order valence-corrected chi connectivity index (χ2v) is 6.44. The summed E-state index contributed by atoms with van der Waals surface area (Å²) < 4.78 is 58.1. The van der Waals surface area contributed by atoms with E-state index >= 15 is 0 Å². The lowest BCUT2D eigenvalue weighted by atomic mass is 10.4. The Bertz CT molecular complexity index is 330. The smallest absolute Gasteiger partial charge is 0.307 e. The molecule has 1 fully saturated rings. The molecule has 8 heteroatoms. The maximum absolute atomic E-state index is 11.8. The highest BCUT2D eigenvalue weighted by Crippen LogP contribution is 2.12.